The zero-order chi connectivity index (χ0) is 18.5. The second-order valence-electron chi connectivity index (χ2n) is 5.74. The zero-order valence-electron chi connectivity index (χ0n) is 14.1. The van der Waals surface area contributed by atoms with Crippen molar-refractivity contribution >= 4 is 45.9 Å². The van der Waals surface area contributed by atoms with E-state index >= 15 is 0 Å². The highest BCUT2D eigenvalue weighted by molar-refractivity contribution is 8.15. The number of Topliss-reactive ketones (excluding diaryl/α,β-unsaturated/α-hetero) is 1. The van der Waals surface area contributed by atoms with Crippen molar-refractivity contribution < 1.29 is 14.4 Å². The molecule has 0 aliphatic carbocycles. The van der Waals surface area contributed by atoms with Crippen LogP contribution in [-0.4, -0.2) is 28.0 Å². The Labute approximate surface area is 155 Å². The van der Waals surface area contributed by atoms with Crippen molar-refractivity contribution in [1.82, 2.24) is 5.32 Å². The van der Waals surface area contributed by atoms with Gasteiger partial charge in [-0.05, 0) is 31.2 Å². The van der Waals surface area contributed by atoms with Gasteiger partial charge in [-0.15, -0.1) is 0 Å². The van der Waals surface area contributed by atoms with E-state index < -0.39 is 5.25 Å². The third kappa shape index (κ3) is 4.58. The third-order valence-electron chi connectivity index (χ3n) is 3.69. The molecule has 26 heavy (non-hydrogen) atoms. The minimum absolute atomic E-state index is 0.0224. The number of amidine groups is 1. The maximum atomic E-state index is 12.2. The molecule has 7 heteroatoms. The lowest BCUT2D eigenvalue weighted by atomic mass is 10.1. The number of anilines is 1. The van der Waals surface area contributed by atoms with E-state index in [9.17, 15) is 14.4 Å². The van der Waals surface area contributed by atoms with Crippen LogP contribution in [0.2, 0.25) is 0 Å². The van der Waals surface area contributed by atoms with Crippen LogP contribution in [0, 0.1) is 0 Å². The quantitative estimate of drug-likeness (QED) is 0.795. The van der Waals surface area contributed by atoms with Crippen molar-refractivity contribution in [3.8, 4) is 0 Å². The SMILES string of the molecule is CC(=O)c1cccc(NC(=O)C[C@H]2SC(=Nc3ccccc3)NC2=O)c1. The average molecular weight is 367 g/mol. The summed E-state index contributed by atoms with van der Waals surface area (Å²) < 4.78 is 0. The van der Waals surface area contributed by atoms with Crippen LogP contribution in [-0.2, 0) is 9.59 Å². The summed E-state index contributed by atoms with van der Waals surface area (Å²) in [6.07, 6.45) is 0.0224. The molecule has 2 aromatic carbocycles. The molecule has 2 amide bonds. The highest BCUT2D eigenvalue weighted by Gasteiger charge is 2.32. The van der Waals surface area contributed by atoms with Gasteiger partial charge in [0.25, 0.3) is 0 Å². The van der Waals surface area contributed by atoms with Crippen LogP contribution in [0.25, 0.3) is 0 Å². The number of nitrogens with one attached hydrogen (secondary N) is 2. The molecule has 1 aliphatic heterocycles. The Morgan fingerprint density at radius 2 is 1.92 bits per heavy atom. The van der Waals surface area contributed by atoms with E-state index in [0.717, 1.165) is 5.69 Å². The van der Waals surface area contributed by atoms with E-state index in [1.54, 1.807) is 24.3 Å². The number of hydrogen-bond acceptors (Lipinski definition) is 5. The average Bonchev–Trinajstić information content (AvgIpc) is 2.95. The summed E-state index contributed by atoms with van der Waals surface area (Å²) in [6, 6.07) is 16.0. The van der Waals surface area contributed by atoms with Gasteiger partial charge in [0.2, 0.25) is 11.8 Å². The molecule has 3 rings (SSSR count). The highest BCUT2D eigenvalue weighted by Crippen LogP contribution is 2.25. The van der Waals surface area contributed by atoms with E-state index in [1.807, 2.05) is 30.3 Å². The number of hydrogen-bond donors (Lipinski definition) is 2. The summed E-state index contributed by atoms with van der Waals surface area (Å²) in [5, 5.41) is 5.37. The van der Waals surface area contributed by atoms with Gasteiger partial charge in [0.05, 0.1) is 5.69 Å². The smallest absolute Gasteiger partial charge is 0.240 e. The summed E-state index contributed by atoms with van der Waals surface area (Å²) in [6.45, 7) is 1.47. The lowest BCUT2D eigenvalue weighted by molar-refractivity contribution is -0.122. The molecule has 2 aromatic rings. The van der Waals surface area contributed by atoms with Gasteiger partial charge in [-0.2, -0.15) is 0 Å². The van der Waals surface area contributed by atoms with Crippen molar-refractivity contribution in [3.05, 3.63) is 60.2 Å². The Morgan fingerprint density at radius 3 is 2.65 bits per heavy atom. The molecule has 1 fully saturated rings. The van der Waals surface area contributed by atoms with E-state index in [0.29, 0.717) is 16.4 Å². The molecule has 0 radical (unpaired) electrons. The van der Waals surface area contributed by atoms with Gasteiger partial charge >= 0.3 is 0 Å². The van der Waals surface area contributed by atoms with E-state index in [1.165, 1.54) is 18.7 Å². The standard InChI is InChI=1S/C19H17N3O3S/c1-12(23)13-6-5-9-15(10-13)20-17(24)11-16-18(25)22-19(26-16)21-14-7-3-2-4-8-14/h2-10,16H,11H2,1H3,(H,20,24)(H,21,22,25)/t16-/m1/s1. The van der Waals surface area contributed by atoms with E-state index in [4.69, 9.17) is 0 Å². The molecule has 0 unspecified atom stereocenters. The maximum absolute atomic E-state index is 12.2. The molecular weight excluding hydrogens is 350 g/mol. The fourth-order valence-electron chi connectivity index (χ4n) is 2.41. The highest BCUT2D eigenvalue weighted by atomic mass is 32.2. The molecule has 1 atom stereocenters. The predicted molar refractivity (Wildman–Crippen MR) is 103 cm³/mol. The number of amides is 2. The van der Waals surface area contributed by atoms with E-state index in [2.05, 4.69) is 15.6 Å². The Balaban J connectivity index is 1.61. The molecule has 0 bridgehead atoms. The fourth-order valence-corrected chi connectivity index (χ4v) is 3.40. The number of thioether (sulfide) groups is 1. The number of carbonyl (C=O) groups excluding carboxylic acids is 3. The molecule has 0 aromatic heterocycles. The van der Waals surface area contributed by atoms with Crippen LogP contribution >= 0.6 is 11.8 Å². The number of ketones is 1. The van der Waals surface area contributed by atoms with Crippen molar-refractivity contribution in [3.63, 3.8) is 0 Å². The summed E-state index contributed by atoms with van der Waals surface area (Å²) in [5.41, 5.74) is 1.79. The summed E-state index contributed by atoms with van der Waals surface area (Å²) in [5.74, 6) is -0.606. The lowest BCUT2D eigenvalue weighted by Crippen LogP contribution is -2.28. The van der Waals surface area contributed by atoms with Crippen molar-refractivity contribution in [2.45, 2.75) is 18.6 Å². The normalized spacial score (nSPS) is 17.8. The molecule has 2 N–H and O–H groups in total. The molecule has 1 saturated heterocycles. The Bertz CT molecular complexity index is 881. The molecule has 0 spiro atoms. The first-order chi connectivity index (χ1) is 12.5. The minimum atomic E-state index is -0.534. The van der Waals surface area contributed by atoms with Crippen LogP contribution < -0.4 is 10.6 Å². The first-order valence-electron chi connectivity index (χ1n) is 8.03. The second kappa shape index (κ2) is 7.97. The van der Waals surface area contributed by atoms with Gasteiger partial charge < -0.3 is 10.6 Å². The molecular formula is C19H17N3O3S. The Hall–Kier alpha value is -2.93. The van der Waals surface area contributed by atoms with Crippen LogP contribution in [0.15, 0.2) is 59.6 Å². The van der Waals surface area contributed by atoms with Gasteiger partial charge in [0, 0.05) is 17.7 Å². The summed E-state index contributed by atoms with van der Waals surface area (Å²) in [7, 11) is 0. The number of carbonyl (C=O) groups is 3. The topological polar surface area (TPSA) is 87.6 Å². The lowest BCUT2D eigenvalue weighted by Gasteiger charge is -2.08. The summed E-state index contributed by atoms with van der Waals surface area (Å²) >= 11 is 1.23. The minimum Gasteiger partial charge on any atom is -0.326 e. The number of rotatable bonds is 5. The van der Waals surface area contributed by atoms with Gasteiger partial charge in [-0.1, -0.05) is 42.1 Å². The molecule has 1 heterocycles. The maximum Gasteiger partial charge on any atom is 0.240 e. The van der Waals surface area contributed by atoms with Crippen LogP contribution in [0.1, 0.15) is 23.7 Å². The first kappa shape index (κ1) is 17.9. The van der Waals surface area contributed by atoms with E-state index in [-0.39, 0.29) is 24.0 Å². The third-order valence-corrected chi connectivity index (χ3v) is 4.77. The van der Waals surface area contributed by atoms with Crippen LogP contribution in [0.5, 0.6) is 0 Å². The first-order valence-corrected chi connectivity index (χ1v) is 8.91. The van der Waals surface area contributed by atoms with Gasteiger partial charge in [0.1, 0.15) is 5.25 Å². The van der Waals surface area contributed by atoms with Gasteiger partial charge in [-0.3, -0.25) is 14.4 Å². The van der Waals surface area contributed by atoms with Crippen molar-refractivity contribution in [2.24, 2.45) is 4.99 Å². The molecule has 6 nitrogen and oxygen atoms in total. The predicted octanol–water partition coefficient (Wildman–Crippen LogP) is 3.14. The number of para-hydroxylation sites is 1. The molecule has 0 saturated carbocycles. The number of benzene rings is 2. The number of nitrogens with zero attached hydrogens (tertiary/aromatic N) is 1. The second-order valence-corrected chi connectivity index (χ2v) is 6.93. The summed E-state index contributed by atoms with van der Waals surface area (Å²) in [4.78, 5) is 40.1. The molecule has 132 valence electrons. The Morgan fingerprint density at radius 1 is 1.15 bits per heavy atom. The zero-order valence-corrected chi connectivity index (χ0v) is 14.9. The van der Waals surface area contributed by atoms with Crippen LogP contribution in [0.4, 0.5) is 11.4 Å². The van der Waals surface area contributed by atoms with Gasteiger partial charge in [0.15, 0.2) is 11.0 Å². The van der Waals surface area contributed by atoms with Gasteiger partial charge in [-0.25, -0.2) is 4.99 Å². The number of aliphatic imine (C=N–C) groups is 1. The Kier molecular flexibility index (Phi) is 5.48. The largest absolute Gasteiger partial charge is 0.326 e. The van der Waals surface area contributed by atoms with Crippen molar-refractivity contribution in [2.75, 3.05) is 5.32 Å². The monoisotopic (exact) mass is 367 g/mol. The fraction of sp³-hybridized carbons (Fsp3) is 0.158. The van der Waals surface area contributed by atoms with Crippen LogP contribution in [0.3, 0.4) is 0 Å². The molecule has 1 aliphatic rings. The van der Waals surface area contributed by atoms with Crippen molar-refractivity contribution in [1.29, 1.82) is 0 Å².